The van der Waals surface area contributed by atoms with Gasteiger partial charge in [0, 0.05) is 50.8 Å². The number of fused-ring (bicyclic) bond motifs is 1. The van der Waals surface area contributed by atoms with Gasteiger partial charge in [-0.3, -0.25) is 4.79 Å². The first-order chi connectivity index (χ1) is 14.1. The van der Waals surface area contributed by atoms with Crippen LogP contribution in [0.4, 0.5) is 17.2 Å². The van der Waals surface area contributed by atoms with Crippen molar-refractivity contribution in [2.24, 2.45) is 0 Å². The first-order valence-corrected chi connectivity index (χ1v) is 9.94. The number of carbonyl (C=O) groups is 1. The van der Waals surface area contributed by atoms with E-state index in [4.69, 9.17) is 0 Å². The molecule has 8 heteroatoms. The van der Waals surface area contributed by atoms with Gasteiger partial charge in [0.2, 0.25) is 5.91 Å². The van der Waals surface area contributed by atoms with Gasteiger partial charge in [0.25, 0.3) is 0 Å². The van der Waals surface area contributed by atoms with E-state index in [0.29, 0.717) is 0 Å². The molecule has 0 radical (unpaired) electrons. The lowest BCUT2D eigenvalue weighted by molar-refractivity contribution is -0.120. The Bertz CT molecular complexity index is 984. The maximum atomic E-state index is 12.5. The Kier molecular flexibility index (Phi) is 5.50. The van der Waals surface area contributed by atoms with E-state index in [9.17, 15) is 4.79 Å². The molecule has 3 aromatic rings. The third-order valence-corrected chi connectivity index (χ3v) is 5.23. The van der Waals surface area contributed by atoms with Gasteiger partial charge in [0.05, 0.1) is 11.9 Å². The zero-order valence-electron chi connectivity index (χ0n) is 16.9. The summed E-state index contributed by atoms with van der Waals surface area (Å²) in [7, 11) is 4.00. The first-order valence-electron chi connectivity index (χ1n) is 9.94. The molecule has 152 valence electrons. The highest BCUT2D eigenvalue weighted by Gasteiger charge is 2.23. The summed E-state index contributed by atoms with van der Waals surface area (Å²) in [6.45, 7) is 1.93. The van der Waals surface area contributed by atoms with Crippen LogP contribution in [0.1, 0.15) is 12.8 Å². The van der Waals surface area contributed by atoms with Crippen LogP contribution in [0.3, 0.4) is 0 Å². The predicted molar refractivity (Wildman–Crippen MR) is 117 cm³/mol. The lowest BCUT2D eigenvalue weighted by Gasteiger charge is -2.34. The van der Waals surface area contributed by atoms with E-state index in [-0.39, 0.29) is 18.5 Å². The second-order valence-corrected chi connectivity index (χ2v) is 7.59. The maximum absolute atomic E-state index is 12.5. The van der Waals surface area contributed by atoms with E-state index in [1.54, 1.807) is 6.33 Å². The molecule has 0 saturated carbocycles. The topological polar surface area (TPSA) is 89.2 Å². The summed E-state index contributed by atoms with van der Waals surface area (Å²) in [6.07, 6.45) is 5.45. The minimum atomic E-state index is 0.00147. The summed E-state index contributed by atoms with van der Waals surface area (Å²) in [4.78, 5) is 28.6. The Morgan fingerprint density at radius 3 is 3.07 bits per heavy atom. The summed E-state index contributed by atoms with van der Waals surface area (Å²) in [5, 5.41) is 7.39. The molecule has 0 bridgehead atoms. The molecular formula is C21H27N7O. The second kappa shape index (κ2) is 8.38. The number of carbonyl (C=O) groups excluding carboxylic acids is 1. The quantitative estimate of drug-likeness (QED) is 0.595. The smallest absolute Gasteiger partial charge is 0.239 e. The van der Waals surface area contributed by atoms with Crippen LogP contribution >= 0.6 is 0 Å². The van der Waals surface area contributed by atoms with Crippen LogP contribution in [-0.2, 0) is 4.79 Å². The maximum Gasteiger partial charge on any atom is 0.239 e. The van der Waals surface area contributed by atoms with E-state index in [1.807, 2.05) is 55.5 Å². The fourth-order valence-corrected chi connectivity index (χ4v) is 3.75. The Labute approximate surface area is 170 Å². The van der Waals surface area contributed by atoms with E-state index in [2.05, 4.69) is 30.5 Å². The van der Waals surface area contributed by atoms with Crippen molar-refractivity contribution in [3.8, 4) is 0 Å². The van der Waals surface area contributed by atoms with Crippen LogP contribution in [0.2, 0.25) is 0 Å². The Balaban J connectivity index is 1.34. The standard InChI is InChI=1S/C21H27N7O/c1-27(2)17-7-3-5-15(11-17)23-12-19(29)26-16-6-4-10-28(13-16)21-18-8-9-22-20(18)24-14-25-21/h3,5,7-9,11,14,16,23H,4,6,10,12-13H2,1-2H3,(H,26,29)(H,22,24,25). The van der Waals surface area contributed by atoms with Crippen LogP contribution in [0, 0.1) is 0 Å². The lowest BCUT2D eigenvalue weighted by atomic mass is 10.1. The normalized spacial score (nSPS) is 16.6. The molecule has 3 heterocycles. The van der Waals surface area contributed by atoms with E-state index < -0.39 is 0 Å². The summed E-state index contributed by atoms with van der Waals surface area (Å²) >= 11 is 0. The van der Waals surface area contributed by atoms with Crippen molar-refractivity contribution < 1.29 is 4.79 Å². The number of piperidine rings is 1. The highest BCUT2D eigenvalue weighted by atomic mass is 16.2. The number of amides is 1. The summed E-state index contributed by atoms with van der Waals surface area (Å²) in [5.74, 6) is 0.926. The molecule has 2 aromatic heterocycles. The SMILES string of the molecule is CN(C)c1cccc(NCC(=O)NC2CCCN(c3ncnc4[nH]ccc34)C2)c1. The van der Waals surface area contributed by atoms with Crippen molar-refractivity contribution in [1.82, 2.24) is 20.3 Å². The molecule has 4 rings (SSSR count). The molecule has 1 unspecified atom stereocenters. The van der Waals surface area contributed by atoms with Crippen LogP contribution < -0.4 is 20.4 Å². The van der Waals surface area contributed by atoms with Crippen LogP contribution in [-0.4, -0.2) is 60.6 Å². The number of hydrogen-bond donors (Lipinski definition) is 3. The van der Waals surface area contributed by atoms with Gasteiger partial charge in [0.15, 0.2) is 0 Å². The minimum Gasteiger partial charge on any atom is -0.378 e. The minimum absolute atomic E-state index is 0.00147. The number of rotatable bonds is 6. The van der Waals surface area contributed by atoms with E-state index in [0.717, 1.165) is 54.2 Å². The molecule has 1 aliphatic rings. The fraction of sp³-hybridized carbons (Fsp3) is 0.381. The Morgan fingerprint density at radius 2 is 2.21 bits per heavy atom. The number of hydrogen-bond acceptors (Lipinski definition) is 6. The number of aromatic nitrogens is 3. The fourth-order valence-electron chi connectivity index (χ4n) is 3.75. The molecule has 0 aliphatic carbocycles. The Morgan fingerprint density at radius 1 is 1.31 bits per heavy atom. The Hall–Kier alpha value is -3.29. The summed E-state index contributed by atoms with van der Waals surface area (Å²) < 4.78 is 0. The largest absolute Gasteiger partial charge is 0.378 e. The molecule has 29 heavy (non-hydrogen) atoms. The van der Waals surface area contributed by atoms with E-state index in [1.165, 1.54) is 0 Å². The third-order valence-electron chi connectivity index (χ3n) is 5.23. The van der Waals surface area contributed by atoms with Crippen molar-refractivity contribution in [3.63, 3.8) is 0 Å². The molecule has 1 atom stereocenters. The van der Waals surface area contributed by atoms with Crippen molar-refractivity contribution in [3.05, 3.63) is 42.9 Å². The number of aromatic amines is 1. The van der Waals surface area contributed by atoms with Crippen molar-refractivity contribution >= 4 is 34.1 Å². The average molecular weight is 393 g/mol. The number of anilines is 3. The van der Waals surface area contributed by atoms with Crippen molar-refractivity contribution in [1.29, 1.82) is 0 Å². The average Bonchev–Trinajstić information content (AvgIpc) is 3.21. The van der Waals surface area contributed by atoms with Gasteiger partial charge < -0.3 is 25.4 Å². The van der Waals surface area contributed by atoms with Crippen molar-refractivity contribution in [2.45, 2.75) is 18.9 Å². The van der Waals surface area contributed by atoms with Crippen LogP contribution in [0.25, 0.3) is 11.0 Å². The summed E-state index contributed by atoms with van der Waals surface area (Å²) in [5.41, 5.74) is 2.87. The number of nitrogens with one attached hydrogen (secondary N) is 3. The zero-order valence-corrected chi connectivity index (χ0v) is 16.9. The number of benzene rings is 1. The highest BCUT2D eigenvalue weighted by molar-refractivity contribution is 5.87. The number of nitrogens with zero attached hydrogens (tertiary/aromatic N) is 4. The molecular weight excluding hydrogens is 366 g/mol. The summed E-state index contributed by atoms with van der Waals surface area (Å²) in [6, 6.07) is 10.1. The highest BCUT2D eigenvalue weighted by Crippen LogP contribution is 2.25. The van der Waals surface area contributed by atoms with Gasteiger partial charge in [-0.25, -0.2) is 9.97 Å². The van der Waals surface area contributed by atoms with Crippen LogP contribution in [0.15, 0.2) is 42.9 Å². The predicted octanol–water partition coefficient (Wildman–Crippen LogP) is 2.22. The second-order valence-electron chi connectivity index (χ2n) is 7.59. The molecule has 1 saturated heterocycles. The molecule has 3 N–H and O–H groups in total. The molecule has 0 spiro atoms. The molecule has 8 nitrogen and oxygen atoms in total. The third kappa shape index (κ3) is 4.42. The number of H-pyrrole nitrogens is 1. The monoisotopic (exact) mass is 393 g/mol. The van der Waals surface area contributed by atoms with Gasteiger partial charge in [-0.05, 0) is 37.1 Å². The molecule has 1 fully saturated rings. The zero-order chi connectivity index (χ0) is 20.2. The molecule has 1 aromatic carbocycles. The van der Waals surface area contributed by atoms with Gasteiger partial charge in [-0.2, -0.15) is 0 Å². The van der Waals surface area contributed by atoms with Gasteiger partial charge in [-0.1, -0.05) is 6.07 Å². The van der Waals surface area contributed by atoms with E-state index >= 15 is 0 Å². The molecule has 1 aliphatic heterocycles. The van der Waals surface area contributed by atoms with Crippen molar-refractivity contribution in [2.75, 3.05) is 48.8 Å². The van der Waals surface area contributed by atoms with Crippen LogP contribution in [0.5, 0.6) is 0 Å². The van der Waals surface area contributed by atoms with Gasteiger partial charge in [-0.15, -0.1) is 0 Å². The lowest BCUT2D eigenvalue weighted by Crippen LogP contribution is -2.49. The first kappa shape index (κ1) is 19.0. The van der Waals surface area contributed by atoms with Gasteiger partial charge >= 0.3 is 0 Å². The molecule has 1 amide bonds. The van der Waals surface area contributed by atoms with Gasteiger partial charge in [0.1, 0.15) is 17.8 Å².